The highest BCUT2D eigenvalue weighted by molar-refractivity contribution is 6.11. The lowest BCUT2D eigenvalue weighted by Gasteiger charge is -2.12. The van der Waals surface area contributed by atoms with E-state index >= 15 is 0 Å². The number of hydrogen-bond donors (Lipinski definition) is 0. The van der Waals surface area contributed by atoms with Crippen molar-refractivity contribution in [2.24, 2.45) is 0 Å². The topological polar surface area (TPSA) is 43.9 Å². The van der Waals surface area contributed by atoms with Crippen LogP contribution >= 0.6 is 0 Å². The number of aromatic nitrogens is 3. The van der Waals surface area contributed by atoms with Crippen molar-refractivity contribution in [3.63, 3.8) is 0 Å². The van der Waals surface area contributed by atoms with Gasteiger partial charge in [0.2, 0.25) is 0 Å². The van der Waals surface area contributed by atoms with Gasteiger partial charge in [-0.15, -0.1) is 0 Å². The van der Waals surface area contributed by atoms with Crippen molar-refractivity contribution in [3.8, 4) is 50.7 Å². The van der Waals surface area contributed by atoms with Crippen LogP contribution in [0.2, 0.25) is 0 Å². The first kappa shape index (κ1) is 18.7. The third kappa shape index (κ3) is 4.61. The van der Waals surface area contributed by atoms with E-state index in [1.807, 2.05) is 91.0 Å². The molecule has 3 heterocycles. The molecule has 0 amide bonds. The molecule has 10 aromatic rings. The Balaban J connectivity index is 1.34. The molecule has 7 aromatic carbocycles. The third-order valence-electron chi connectivity index (χ3n) is 8.76. The van der Waals surface area contributed by atoms with E-state index < -0.39 is 78.2 Å². The molecular formula is C46H29N3O. The van der Waals surface area contributed by atoms with E-state index in [1.54, 1.807) is 12.1 Å². The fraction of sp³-hybridized carbons (Fsp3) is 0. The van der Waals surface area contributed by atoms with Gasteiger partial charge in [0.1, 0.15) is 11.2 Å². The van der Waals surface area contributed by atoms with Gasteiger partial charge in [-0.25, -0.2) is 9.97 Å². The van der Waals surface area contributed by atoms with E-state index in [9.17, 15) is 4.11 Å². The molecule has 50 heavy (non-hydrogen) atoms. The van der Waals surface area contributed by atoms with E-state index in [1.165, 1.54) is 0 Å². The summed E-state index contributed by atoms with van der Waals surface area (Å²) in [6.07, 6.45) is 0. The van der Waals surface area contributed by atoms with Crippen LogP contribution in [-0.4, -0.2) is 14.5 Å². The van der Waals surface area contributed by atoms with Crippen LogP contribution in [0, 0.1) is 0 Å². The van der Waals surface area contributed by atoms with Crippen LogP contribution < -0.4 is 0 Å². The first-order chi connectivity index (χ1) is 29.8. The van der Waals surface area contributed by atoms with Crippen LogP contribution in [-0.2, 0) is 0 Å². The van der Waals surface area contributed by atoms with Gasteiger partial charge in [0.25, 0.3) is 0 Å². The van der Waals surface area contributed by atoms with Crippen LogP contribution in [0.5, 0.6) is 0 Å². The molecule has 0 aliphatic rings. The molecule has 0 saturated carbocycles. The lowest BCUT2D eigenvalue weighted by atomic mass is 10.00. The molecule has 0 saturated heterocycles. The number of nitrogens with zero attached hydrogens (tertiary/aromatic N) is 3. The zero-order chi connectivity index (χ0) is 43.5. The van der Waals surface area contributed by atoms with Crippen molar-refractivity contribution in [3.05, 3.63) is 176 Å². The predicted octanol–water partition coefficient (Wildman–Crippen LogP) is 12.1. The summed E-state index contributed by atoms with van der Waals surface area (Å²) in [7, 11) is 0. The average molecular weight is 652 g/mol. The molecule has 0 unspecified atom stereocenters. The molecule has 0 aliphatic heterocycles. The van der Waals surface area contributed by atoms with Crippen molar-refractivity contribution in [1.82, 2.24) is 14.5 Å². The standard InChI is InChI=1S/C46H29N3O/c1-3-13-30(14-4-1)31-15-11-16-32(27-31)40-29-41(48-46(47-40)39-22-12-21-38-37-20-8-10-24-44(37)50-45(38)39)33-25-26-36-35-19-7-9-23-42(35)49(43(36)28-33)34-17-5-2-6-18-34/h1-29H/i2D,5D,6D,7D,9D,17D,18D,19D,23D,25D,26D,28D. The average Bonchev–Trinajstić information content (AvgIpc) is 3.86. The minimum atomic E-state index is -0.714. The zero-order valence-electron chi connectivity index (χ0n) is 38.1. The van der Waals surface area contributed by atoms with Gasteiger partial charge in [0.15, 0.2) is 5.82 Å². The largest absolute Gasteiger partial charge is 0.455 e. The SMILES string of the molecule is [2H]c1c([2H])c([2H])c(-n2c3c([2H])c([2H])c([2H])c([2H])c3c3c([2H])c([2H])c(-c4cc(-c5cccc(-c6ccccc6)c5)nc(-c5cccc6c5oc5ccccc56)n4)c([2H])c32)c([2H])c1[2H]. The maximum atomic E-state index is 9.90. The fourth-order valence-corrected chi connectivity index (χ4v) is 6.47. The van der Waals surface area contributed by atoms with Crippen LogP contribution in [0.1, 0.15) is 16.4 Å². The first-order valence-electron chi connectivity index (χ1n) is 21.9. The molecular weight excluding hydrogens is 611 g/mol. The summed E-state index contributed by atoms with van der Waals surface area (Å²) in [5, 5.41) is 1.21. The number of furan rings is 1. The van der Waals surface area contributed by atoms with Crippen LogP contribution in [0.4, 0.5) is 0 Å². The highest BCUT2D eigenvalue weighted by Gasteiger charge is 2.18. The zero-order valence-corrected chi connectivity index (χ0v) is 26.1. The van der Waals surface area contributed by atoms with Crippen molar-refractivity contribution < 1.29 is 20.9 Å². The lowest BCUT2D eigenvalue weighted by molar-refractivity contribution is 0.669. The first-order valence-corrected chi connectivity index (χ1v) is 15.9. The van der Waals surface area contributed by atoms with Crippen LogP contribution in [0.25, 0.3) is 94.5 Å². The summed E-state index contributed by atoms with van der Waals surface area (Å²) in [5.74, 6) is 0.170. The molecule has 0 spiro atoms. The Morgan fingerprint density at radius 1 is 0.500 bits per heavy atom. The Bertz CT molecular complexity index is 3540. The van der Waals surface area contributed by atoms with E-state index in [2.05, 4.69) is 0 Å². The number of benzene rings is 7. The second kappa shape index (κ2) is 11.4. The second-order valence-corrected chi connectivity index (χ2v) is 11.7. The van der Waals surface area contributed by atoms with Crippen molar-refractivity contribution >= 4 is 43.7 Å². The van der Waals surface area contributed by atoms with Gasteiger partial charge in [-0.2, -0.15) is 0 Å². The smallest absolute Gasteiger partial charge is 0.164 e. The highest BCUT2D eigenvalue weighted by atomic mass is 16.3. The molecule has 10 rings (SSSR count). The second-order valence-electron chi connectivity index (χ2n) is 11.7. The lowest BCUT2D eigenvalue weighted by Crippen LogP contribution is -1.97. The molecule has 0 bridgehead atoms. The van der Waals surface area contributed by atoms with Gasteiger partial charge in [-0.05, 0) is 59.6 Å². The van der Waals surface area contributed by atoms with Gasteiger partial charge < -0.3 is 8.98 Å². The maximum Gasteiger partial charge on any atom is 0.164 e. The number of para-hydroxylation sites is 4. The van der Waals surface area contributed by atoms with E-state index in [0.717, 1.165) is 26.5 Å². The maximum absolute atomic E-state index is 9.90. The molecule has 0 aliphatic carbocycles. The quantitative estimate of drug-likeness (QED) is 0.186. The van der Waals surface area contributed by atoms with Crippen LogP contribution in [0.15, 0.2) is 180 Å². The predicted molar refractivity (Wildman–Crippen MR) is 205 cm³/mol. The third-order valence-corrected chi connectivity index (χ3v) is 8.76. The summed E-state index contributed by atoms with van der Waals surface area (Å²) in [5.41, 5.74) is 3.31. The van der Waals surface area contributed by atoms with Gasteiger partial charge in [-0.3, -0.25) is 0 Å². The Morgan fingerprint density at radius 3 is 2.10 bits per heavy atom. The van der Waals surface area contributed by atoms with Crippen molar-refractivity contribution in [2.45, 2.75) is 0 Å². The van der Waals surface area contributed by atoms with Crippen LogP contribution in [0.3, 0.4) is 0 Å². The van der Waals surface area contributed by atoms with E-state index in [0.29, 0.717) is 28.0 Å². The Morgan fingerprint density at radius 2 is 1.20 bits per heavy atom. The Hall–Kier alpha value is -6.78. The number of hydrogen-bond acceptors (Lipinski definition) is 3. The van der Waals surface area contributed by atoms with E-state index in [-0.39, 0.29) is 38.9 Å². The summed E-state index contributed by atoms with van der Waals surface area (Å²) >= 11 is 0. The fourth-order valence-electron chi connectivity index (χ4n) is 6.47. The molecule has 234 valence electrons. The molecule has 0 fully saturated rings. The summed E-state index contributed by atoms with van der Waals surface area (Å²) in [4.78, 5) is 10.0. The Kier molecular flexibility index (Phi) is 4.27. The molecule has 0 radical (unpaired) electrons. The summed E-state index contributed by atoms with van der Waals surface area (Å²) < 4.78 is 115. The molecule has 4 nitrogen and oxygen atoms in total. The minimum absolute atomic E-state index is 0.0334. The Labute approximate surface area is 305 Å². The van der Waals surface area contributed by atoms with Gasteiger partial charge in [0, 0.05) is 38.4 Å². The summed E-state index contributed by atoms with van der Waals surface area (Å²) in [6.45, 7) is 0. The minimum Gasteiger partial charge on any atom is -0.455 e. The molecule has 3 aromatic heterocycles. The van der Waals surface area contributed by atoms with Crippen molar-refractivity contribution in [2.75, 3.05) is 0 Å². The summed E-state index contributed by atoms with van der Waals surface area (Å²) in [6, 6.07) is 24.6. The molecule has 4 heteroatoms. The highest BCUT2D eigenvalue weighted by Crippen LogP contribution is 2.38. The van der Waals surface area contributed by atoms with E-state index in [4.69, 9.17) is 26.7 Å². The number of fused-ring (bicyclic) bond motifs is 6. The van der Waals surface area contributed by atoms with Gasteiger partial charge in [0.05, 0.1) is 44.4 Å². The number of rotatable bonds is 5. The van der Waals surface area contributed by atoms with Gasteiger partial charge >= 0.3 is 0 Å². The van der Waals surface area contributed by atoms with Crippen molar-refractivity contribution in [1.29, 1.82) is 0 Å². The monoisotopic (exact) mass is 651 g/mol. The normalized spacial score (nSPS) is 15.0. The van der Waals surface area contributed by atoms with Gasteiger partial charge in [-0.1, -0.05) is 127 Å². The molecule has 0 N–H and O–H groups in total. The molecule has 0 atom stereocenters.